The highest BCUT2D eigenvalue weighted by Crippen LogP contribution is 2.33. The number of hydrogen-bond donors (Lipinski definition) is 1. The van der Waals surface area contributed by atoms with Gasteiger partial charge in [0.15, 0.2) is 5.96 Å². The van der Waals surface area contributed by atoms with Crippen LogP contribution >= 0.6 is 0 Å². The highest BCUT2D eigenvalue weighted by atomic mass is 16.2. The zero-order valence-corrected chi connectivity index (χ0v) is 17.0. The summed E-state index contributed by atoms with van der Waals surface area (Å²) in [5, 5.41) is 3.49. The van der Waals surface area contributed by atoms with Crippen LogP contribution in [0.3, 0.4) is 0 Å². The Morgan fingerprint density at radius 2 is 2.00 bits per heavy atom. The van der Waals surface area contributed by atoms with Gasteiger partial charge in [-0.2, -0.15) is 0 Å². The minimum absolute atomic E-state index is 0.0313. The summed E-state index contributed by atoms with van der Waals surface area (Å²) in [6.45, 7) is 7.51. The number of carbonyl (C=O) groups is 1. The first-order chi connectivity index (χ1) is 12.4. The van der Waals surface area contributed by atoms with Gasteiger partial charge in [0, 0.05) is 46.3 Å². The van der Waals surface area contributed by atoms with Gasteiger partial charge in [0.05, 0.1) is 0 Å². The van der Waals surface area contributed by atoms with Crippen molar-refractivity contribution in [2.45, 2.75) is 46.1 Å². The number of rotatable bonds is 5. The number of carbonyl (C=O) groups excluding carboxylic acids is 1. The van der Waals surface area contributed by atoms with Crippen molar-refractivity contribution in [3.8, 4) is 0 Å². The lowest BCUT2D eigenvalue weighted by atomic mass is 9.78. The molecule has 0 bridgehead atoms. The summed E-state index contributed by atoms with van der Waals surface area (Å²) >= 11 is 0. The molecule has 1 saturated heterocycles. The van der Waals surface area contributed by atoms with Gasteiger partial charge in [0.2, 0.25) is 0 Å². The molecule has 1 fully saturated rings. The van der Waals surface area contributed by atoms with Crippen LogP contribution < -0.4 is 5.32 Å². The molecule has 144 valence electrons. The molecule has 5 heteroatoms. The Balaban J connectivity index is 1.95. The van der Waals surface area contributed by atoms with Crippen molar-refractivity contribution in [3.05, 3.63) is 35.4 Å². The monoisotopic (exact) mass is 358 g/mol. The smallest absolute Gasteiger partial charge is 0.253 e. The summed E-state index contributed by atoms with van der Waals surface area (Å²) in [6.07, 6.45) is 5.02. The van der Waals surface area contributed by atoms with Crippen LogP contribution in [0.4, 0.5) is 0 Å². The minimum Gasteiger partial charge on any atom is -0.352 e. The zero-order chi connectivity index (χ0) is 19.2. The Labute approximate surface area is 158 Å². The largest absolute Gasteiger partial charge is 0.352 e. The number of likely N-dealkylation sites (tertiary alicyclic amines) is 1. The standard InChI is InChI=1S/C21H34N4O/c1-6-12-21(2)13-7-14-25(16-21)20(22-3)23-15-17-8-10-18(11-9-17)19(26)24(4)5/h8-11H,6-7,12-16H2,1-5H3,(H,22,23). The van der Waals surface area contributed by atoms with Crippen LogP contribution in [-0.4, -0.2) is 55.9 Å². The van der Waals surface area contributed by atoms with Crippen molar-refractivity contribution in [2.24, 2.45) is 10.4 Å². The van der Waals surface area contributed by atoms with Gasteiger partial charge < -0.3 is 15.1 Å². The molecule has 0 aliphatic carbocycles. The molecule has 5 nitrogen and oxygen atoms in total. The van der Waals surface area contributed by atoms with Crippen LogP contribution in [-0.2, 0) is 6.54 Å². The molecular formula is C21H34N4O. The number of amides is 1. The maximum Gasteiger partial charge on any atom is 0.253 e. The first kappa shape index (κ1) is 20.3. The third kappa shape index (κ3) is 5.23. The van der Waals surface area contributed by atoms with Gasteiger partial charge >= 0.3 is 0 Å². The van der Waals surface area contributed by atoms with E-state index >= 15 is 0 Å². The fourth-order valence-corrected chi connectivity index (χ4v) is 3.84. The van der Waals surface area contributed by atoms with E-state index in [4.69, 9.17) is 0 Å². The van der Waals surface area contributed by atoms with E-state index in [-0.39, 0.29) is 5.91 Å². The fourth-order valence-electron chi connectivity index (χ4n) is 3.84. The molecular weight excluding hydrogens is 324 g/mol. The second kappa shape index (κ2) is 9.06. The quantitative estimate of drug-likeness (QED) is 0.648. The van der Waals surface area contributed by atoms with Crippen molar-refractivity contribution in [1.82, 2.24) is 15.1 Å². The number of nitrogens with one attached hydrogen (secondary N) is 1. The van der Waals surface area contributed by atoms with Gasteiger partial charge in [0.25, 0.3) is 5.91 Å². The molecule has 1 atom stereocenters. The summed E-state index contributed by atoms with van der Waals surface area (Å²) in [4.78, 5) is 20.5. The lowest BCUT2D eigenvalue weighted by Gasteiger charge is -2.42. The Bertz CT molecular complexity index is 619. The van der Waals surface area contributed by atoms with Crippen LogP contribution in [0.15, 0.2) is 29.3 Å². The van der Waals surface area contributed by atoms with Gasteiger partial charge in [-0.15, -0.1) is 0 Å². The molecule has 1 heterocycles. The molecule has 0 saturated carbocycles. The number of nitrogens with zero attached hydrogens (tertiary/aromatic N) is 3. The van der Waals surface area contributed by atoms with Crippen molar-refractivity contribution in [3.63, 3.8) is 0 Å². The summed E-state index contributed by atoms with van der Waals surface area (Å²) in [5.41, 5.74) is 2.25. The molecule has 1 N–H and O–H groups in total. The Morgan fingerprint density at radius 1 is 1.31 bits per heavy atom. The third-order valence-corrected chi connectivity index (χ3v) is 5.20. The number of aliphatic imine (C=N–C) groups is 1. The van der Waals surface area contributed by atoms with Gasteiger partial charge in [-0.1, -0.05) is 32.4 Å². The van der Waals surface area contributed by atoms with E-state index in [1.54, 1.807) is 19.0 Å². The molecule has 1 aromatic rings. The van der Waals surface area contributed by atoms with E-state index in [2.05, 4.69) is 29.1 Å². The van der Waals surface area contributed by atoms with Crippen molar-refractivity contribution < 1.29 is 4.79 Å². The Morgan fingerprint density at radius 3 is 2.58 bits per heavy atom. The summed E-state index contributed by atoms with van der Waals surface area (Å²) in [7, 11) is 5.40. The first-order valence-electron chi connectivity index (χ1n) is 9.65. The van der Waals surface area contributed by atoms with Crippen LogP contribution in [0.1, 0.15) is 55.5 Å². The highest BCUT2D eigenvalue weighted by molar-refractivity contribution is 5.93. The topological polar surface area (TPSA) is 47.9 Å². The Kier molecular flexibility index (Phi) is 7.06. The molecule has 1 aliphatic rings. The van der Waals surface area contributed by atoms with Gasteiger partial charge in [-0.3, -0.25) is 9.79 Å². The highest BCUT2D eigenvalue weighted by Gasteiger charge is 2.31. The predicted octanol–water partition coefficient (Wildman–Crippen LogP) is 3.37. The van der Waals surface area contributed by atoms with Crippen molar-refractivity contribution in [1.29, 1.82) is 0 Å². The lowest BCUT2D eigenvalue weighted by Crippen LogP contribution is -2.49. The second-order valence-electron chi connectivity index (χ2n) is 7.88. The van der Waals surface area contributed by atoms with E-state index in [0.29, 0.717) is 12.0 Å². The van der Waals surface area contributed by atoms with E-state index in [1.165, 1.54) is 25.7 Å². The molecule has 26 heavy (non-hydrogen) atoms. The molecule has 2 rings (SSSR count). The van der Waals surface area contributed by atoms with E-state index in [1.807, 2.05) is 31.3 Å². The van der Waals surface area contributed by atoms with E-state index in [0.717, 1.165) is 30.2 Å². The predicted molar refractivity (Wildman–Crippen MR) is 108 cm³/mol. The number of piperidine rings is 1. The Hall–Kier alpha value is -2.04. The first-order valence-corrected chi connectivity index (χ1v) is 9.65. The molecule has 1 amide bonds. The molecule has 0 spiro atoms. The summed E-state index contributed by atoms with van der Waals surface area (Å²) < 4.78 is 0. The van der Waals surface area contributed by atoms with Crippen LogP contribution in [0, 0.1) is 5.41 Å². The second-order valence-corrected chi connectivity index (χ2v) is 7.88. The number of benzene rings is 1. The lowest BCUT2D eigenvalue weighted by molar-refractivity contribution is 0.0827. The minimum atomic E-state index is 0.0313. The van der Waals surface area contributed by atoms with Gasteiger partial charge in [-0.05, 0) is 42.4 Å². The maximum atomic E-state index is 12.0. The summed E-state index contributed by atoms with van der Waals surface area (Å²) in [5.74, 6) is 1.00. The SMILES string of the molecule is CCCC1(C)CCCN(C(=NC)NCc2ccc(C(=O)N(C)C)cc2)C1. The molecule has 0 aromatic heterocycles. The number of hydrogen-bond acceptors (Lipinski definition) is 2. The van der Waals surface area contributed by atoms with Gasteiger partial charge in [-0.25, -0.2) is 0 Å². The van der Waals surface area contributed by atoms with Crippen LogP contribution in [0.2, 0.25) is 0 Å². The number of guanidine groups is 1. The average Bonchev–Trinajstić information content (AvgIpc) is 2.62. The third-order valence-electron chi connectivity index (χ3n) is 5.20. The maximum absolute atomic E-state index is 12.0. The van der Waals surface area contributed by atoms with E-state index < -0.39 is 0 Å². The van der Waals surface area contributed by atoms with Crippen molar-refractivity contribution >= 4 is 11.9 Å². The van der Waals surface area contributed by atoms with Crippen LogP contribution in [0.25, 0.3) is 0 Å². The van der Waals surface area contributed by atoms with Crippen LogP contribution in [0.5, 0.6) is 0 Å². The normalized spacial score (nSPS) is 20.8. The molecule has 1 aliphatic heterocycles. The van der Waals surface area contributed by atoms with Gasteiger partial charge in [0.1, 0.15) is 0 Å². The fraction of sp³-hybridized carbons (Fsp3) is 0.619. The average molecular weight is 359 g/mol. The molecule has 0 radical (unpaired) electrons. The zero-order valence-electron chi connectivity index (χ0n) is 17.0. The molecule has 1 unspecified atom stereocenters. The van der Waals surface area contributed by atoms with Crippen molar-refractivity contribution in [2.75, 3.05) is 34.2 Å². The molecule has 1 aromatic carbocycles. The summed E-state index contributed by atoms with van der Waals surface area (Å²) in [6, 6.07) is 7.80. The van der Waals surface area contributed by atoms with E-state index in [9.17, 15) is 4.79 Å².